The summed E-state index contributed by atoms with van der Waals surface area (Å²) in [6.45, 7) is 4.31. The third-order valence-electron chi connectivity index (χ3n) is 3.28. The van der Waals surface area contributed by atoms with Gasteiger partial charge in [-0.3, -0.25) is 4.79 Å². The molecule has 1 aromatic carbocycles. The number of amides is 1. The molecule has 1 aromatic rings. The van der Waals surface area contributed by atoms with E-state index in [0.717, 1.165) is 25.2 Å². The van der Waals surface area contributed by atoms with E-state index in [1.807, 2.05) is 29.2 Å². The van der Waals surface area contributed by atoms with E-state index >= 15 is 0 Å². The van der Waals surface area contributed by atoms with Gasteiger partial charge >= 0.3 is 0 Å². The van der Waals surface area contributed by atoms with Crippen LogP contribution in [0.2, 0.25) is 5.02 Å². The molecule has 0 bridgehead atoms. The number of likely N-dealkylation sites (tertiary alicyclic amines) is 1. The number of carbonyl (C=O) groups is 1. The van der Waals surface area contributed by atoms with Gasteiger partial charge in [0, 0.05) is 23.8 Å². The fourth-order valence-corrected chi connectivity index (χ4v) is 2.49. The van der Waals surface area contributed by atoms with Crippen LogP contribution in [0.5, 0.6) is 0 Å². The van der Waals surface area contributed by atoms with Crippen LogP contribution in [-0.4, -0.2) is 30.4 Å². The van der Waals surface area contributed by atoms with E-state index in [0.29, 0.717) is 17.5 Å². The Morgan fingerprint density at radius 1 is 1.56 bits per heavy atom. The van der Waals surface area contributed by atoms with Crippen molar-refractivity contribution in [2.45, 2.75) is 19.8 Å². The molecule has 0 aromatic heterocycles. The molecule has 2 rings (SSSR count). The maximum Gasteiger partial charge on any atom is 0.241 e. The summed E-state index contributed by atoms with van der Waals surface area (Å²) in [6, 6.07) is 7.44. The summed E-state index contributed by atoms with van der Waals surface area (Å²) in [7, 11) is 0. The highest BCUT2D eigenvalue weighted by Gasteiger charge is 2.20. The van der Waals surface area contributed by atoms with Gasteiger partial charge in [0.05, 0.1) is 6.54 Å². The summed E-state index contributed by atoms with van der Waals surface area (Å²) < 4.78 is 0. The Bertz CT molecular complexity index is 422. The fraction of sp³-hybridized carbons (Fsp3) is 0.500. The smallest absolute Gasteiger partial charge is 0.241 e. The molecule has 0 saturated carbocycles. The highest BCUT2D eigenvalue weighted by molar-refractivity contribution is 6.30. The lowest BCUT2D eigenvalue weighted by Gasteiger charge is -2.31. The monoisotopic (exact) mass is 266 g/mol. The van der Waals surface area contributed by atoms with Crippen molar-refractivity contribution in [1.29, 1.82) is 0 Å². The first kappa shape index (κ1) is 13.2. The lowest BCUT2D eigenvalue weighted by atomic mass is 10.0. The minimum absolute atomic E-state index is 0.168. The van der Waals surface area contributed by atoms with Crippen molar-refractivity contribution in [3.8, 4) is 0 Å². The second-order valence-electron chi connectivity index (χ2n) is 4.95. The molecular weight excluding hydrogens is 248 g/mol. The van der Waals surface area contributed by atoms with Gasteiger partial charge in [0.25, 0.3) is 0 Å². The fourth-order valence-electron chi connectivity index (χ4n) is 2.30. The molecule has 4 heteroatoms. The standard InChI is InChI=1S/C14H19ClN2O/c1-11-4-3-7-17(10-11)14(18)9-16-13-6-2-5-12(15)8-13/h2,5-6,8,11,16H,3-4,7,9-10H2,1H3/t11-/m1/s1. The number of benzene rings is 1. The van der Waals surface area contributed by atoms with Gasteiger partial charge in [0.15, 0.2) is 0 Å². The van der Waals surface area contributed by atoms with Crippen LogP contribution < -0.4 is 5.32 Å². The third kappa shape index (κ3) is 3.64. The quantitative estimate of drug-likeness (QED) is 0.912. The van der Waals surface area contributed by atoms with Crippen molar-refractivity contribution < 1.29 is 4.79 Å². The first-order valence-corrected chi connectivity index (χ1v) is 6.80. The van der Waals surface area contributed by atoms with E-state index in [-0.39, 0.29) is 5.91 Å². The van der Waals surface area contributed by atoms with Crippen LogP contribution in [0, 0.1) is 5.92 Å². The Morgan fingerprint density at radius 3 is 3.11 bits per heavy atom. The van der Waals surface area contributed by atoms with Gasteiger partial charge in [-0.25, -0.2) is 0 Å². The minimum Gasteiger partial charge on any atom is -0.376 e. The van der Waals surface area contributed by atoms with Gasteiger partial charge in [0.2, 0.25) is 5.91 Å². The number of anilines is 1. The van der Waals surface area contributed by atoms with Crippen molar-refractivity contribution in [2.24, 2.45) is 5.92 Å². The lowest BCUT2D eigenvalue weighted by molar-refractivity contribution is -0.130. The molecule has 1 aliphatic rings. The van der Waals surface area contributed by atoms with Crippen molar-refractivity contribution >= 4 is 23.2 Å². The van der Waals surface area contributed by atoms with E-state index in [2.05, 4.69) is 12.2 Å². The molecule has 98 valence electrons. The molecule has 1 atom stereocenters. The molecule has 18 heavy (non-hydrogen) atoms. The minimum atomic E-state index is 0.168. The summed E-state index contributed by atoms with van der Waals surface area (Å²) in [5.41, 5.74) is 0.890. The Morgan fingerprint density at radius 2 is 2.39 bits per heavy atom. The van der Waals surface area contributed by atoms with Crippen LogP contribution in [0.15, 0.2) is 24.3 Å². The van der Waals surface area contributed by atoms with Crippen molar-refractivity contribution in [3.63, 3.8) is 0 Å². The first-order valence-electron chi connectivity index (χ1n) is 6.42. The van der Waals surface area contributed by atoms with Crippen LogP contribution in [0.25, 0.3) is 0 Å². The van der Waals surface area contributed by atoms with E-state index in [4.69, 9.17) is 11.6 Å². The van der Waals surface area contributed by atoms with E-state index in [1.54, 1.807) is 0 Å². The Kier molecular flexibility index (Phi) is 4.48. The second kappa shape index (κ2) is 6.10. The van der Waals surface area contributed by atoms with Crippen molar-refractivity contribution in [3.05, 3.63) is 29.3 Å². The molecule has 0 aliphatic carbocycles. The molecule has 1 aliphatic heterocycles. The Hall–Kier alpha value is -1.22. The molecule has 0 unspecified atom stereocenters. The zero-order chi connectivity index (χ0) is 13.0. The maximum atomic E-state index is 12.0. The highest BCUT2D eigenvalue weighted by atomic mass is 35.5. The van der Waals surface area contributed by atoms with Crippen molar-refractivity contribution in [1.82, 2.24) is 4.90 Å². The lowest BCUT2D eigenvalue weighted by Crippen LogP contribution is -2.41. The van der Waals surface area contributed by atoms with Gasteiger partial charge < -0.3 is 10.2 Å². The first-order chi connectivity index (χ1) is 8.65. The molecule has 3 nitrogen and oxygen atoms in total. The Balaban J connectivity index is 1.84. The van der Waals surface area contributed by atoms with Crippen LogP contribution >= 0.6 is 11.6 Å². The molecule has 1 amide bonds. The number of carbonyl (C=O) groups excluding carboxylic acids is 1. The van der Waals surface area contributed by atoms with Gasteiger partial charge in [-0.1, -0.05) is 24.6 Å². The van der Waals surface area contributed by atoms with Gasteiger partial charge in [0.1, 0.15) is 0 Å². The molecular formula is C14H19ClN2O. The summed E-state index contributed by atoms with van der Waals surface area (Å²) in [5.74, 6) is 0.787. The average molecular weight is 267 g/mol. The van der Waals surface area contributed by atoms with E-state index < -0.39 is 0 Å². The van der Waals surface area contributed by atoms with Gasteiger partial charge in [-0.2, -0.15) is 0 Å². The number of hydrogen-bond donors (Lipinski definition) is 1. The predicted molar refractivity (Wildman–Crippen MR) is 74.9 cm³/mol. The van der Waals surface area contributed by atoms with Crippen LogP contribution in [0.1, 0.15) is 19.8 Å². The summed E-state index contributed by atoms with van der Waals surface area (Å²) in [6.07, 6.45) is 2.34. The maximum absolute atomic E-state index is 12.0. The molecule has 1 heterocycles. The number of piperidine rings is 1. The Labute approximate surface area is 113 Å². The summed E-state index contributed by atoms with van der Waals surface area (Å²) in [5, 5.41) is 3.80. The largest absolute Gasteiger partial charge is 0.376 e. The van der Waals surface area contributed by atoms with Gasteiger partial charge in [-0.15, -0.1) is 0 Å². The van der Waals surface area contributed by atoms with E-state index in [1.165, 1.54) is 6.42 Å². The number of hydrogen-bond acceptors (Lipinski definition) is 2. The van der Waals surface area contributed by atoms with E-state index in [9.17, 15) is 4.79 Å². The molecule has 0 spiro atoms. The number of rotatable bonds is 3. The SMILES string of the molecule is C[C@@H]1CCCN(C(=O)CNc2cccc(Cl)c2)C1. The zero-order valence-corrected chi connectivity index (χ0v) is 11.4. The summed E-state index contributed by atoms with van der Waals surface area (Å²) >= 11 is 5.89. The second-order valence-corrected chi connectivity index (χ2v) is 5.39. The van der Waals surface area contributed by atoms with Crippen LogP contribution in [0.4, 0.5) is 5.69 Å². The topological polar surface area (TPSA) is 32.3 Å². The molecule has 0 radical (unpaired) electrons. The van der Waals surface area contributed by atoms with Crippen LogP contribution in [0.3, 0.4) is 0 Å². The predicted octanol–water partition coefficient (Wildman–Crippen LogP) is 3.01. The molecule has 1 saturated heterocycles. The van der Waals surface area contributed by atoms with Gasteiger partial charge in [-0.05, 0) is 37.0 Å². The third-order valence-corrected chi connectivity index (χ3v) is 3.51. The zero-order valence-electron chi connectivity index (χ0n) is 10.7. The normalized spacial score (nSPS) is 19.7. The molecule has 1 fully saturated rings. The highest BCUT2D eigenvalue weighted by Crippen LogP contribution is 2.17. The summed E-state index contributed by atoms with van der Waals surface area (Å²) in [4.78, 5) is 14.0. The number of nitrogens with zero attached hydrogens (tertiary/aromatic N) is 1. The molecule has 1 N–H and O–H groups in total. The van der Waals surface area contributed by atoms with Crippen molar-refractivity contribution in [2.75, 3.05) is 25.0 Å². The number of nitrogens with one attached hydrogen (secondary N) is 1. The number of halogens is 1. The van der Waals surface area contributed by atoms with Crippen LogP contribution in [-0.2, 0) is 4.79 Å². The average Bonchev–Trinajstić information content (AvgIpc) is 2.36.